The lowest BCUT2D eigenvalue weighted by molar-refractivity contribution is 0.0685. The van der Waals surface area contributed by atoms with E-state index in [1.807, 2.05) is 6.92 Å². The Bertz CT molecular complexity index is 393. The summed E-state index contributed by atoms with van der Waals surface area (Å²) in [5.74, 6) is -2.61. The molecule has 0 aliphatic carbocycles. The van der Waals surface area contributed by atoms with Crippen LogP contribution in [0, 0.1) is 0 Å². The topological polar surface area (TPSA) is 104 Å². The van der Waals surface area contributed by atoms with Gasteiger partial charge in [0.15, 0.2) is 5.69 Å². The molecule has 0 amide bonds. The number of aromatic nitrogens is 2. The van der Waals surface area contributed by atoms with Crippen LogP contribution in [-0.4, -0.2) is 31.3 Å². The summed E-state index contributed by atoms with van der Waals surface area (Å²) in [6.07, 6.45) is 3.31. The number of rotatable bonds is 5. The summed E-state index contributed by atoms with van der Waals surface area (Å²) < 4.78 is 0. The zero-order valence-corrected chi connectivity index (χ0v) is 8.97. The average molecular weight is 226 g/mol. The molecule has 0 aromatic carbocycles. The molecule has 0 saturated carbocycles. The number of nitrogens with zero attached hydrogens (tertiary/aromatic N) is 2. The van der Waals surface area contributed by atoms with Crippen LogP contribution in [0.25, 0.3) is 0 Å². The van der Waals surface area contributed by atoms with Crippen LogP contribution in [0.1, 0.15) is 42.5 Å². The molecule has 88 valence electrons. The van der Waals surface area contributed by atoms with Gasteiger partial charge in [-0.2, -0.15) is 4.98 Å². The first-order chi connectivity index (χ1) is 7.56. The van der Waals surface area contributed by atoms with Gasteiger partial charge in [-0.15, -0.1) is 0 Å². The number of hydrogen-bond donors (Lipinski definition) is 3. The van der Waals surface area contributed by atoms with E-state index in [1.54, 1.807) is 0 Å². The third-order valence-corrected chi connectivity index (χ3v) is 2.12. The van der Waals surface area contributed by atoms with E-state index in [9.17, 15) is 15.0 Å². The van der Waals surface area contributed by atoms with Crippen molar-refractivity contribution in [3.05, 3.63) is 11.5 Å². The summed E-state index contributed by atoms with van der Waals surface area (Å²) in [6.45, 7) is 2.04. The van der Waals surface area contributed by atoms with E-state index in [4.69, 9.17) is 5.11 Å². The molecule has 1 rings (SSSR count). The van der Waals surface area contributed by atoms with Gasteiger partial charge in [0.2, 0.25) is 5.75 Å². The Hall–Kier alpha value is -1.85. The molecule has 0 atom stereocenters. The summed E-state index contributed by atoms with van der Waals surface area (Å²) in [7, 11) is 0. The smallest absolute Gasteiger partial charge is 0.358 e. The Morgan fingerprint density at radius 2 is 1.94 bits per heavy atom. The molecule has 0 unspecified atom stereocenters. The number of aromatic carboxylic acids is 1. The van der Waals surface area contributed by atoms with Gasteiger partial charge in [-0.3, -0.25) is 0 Å². The third-order valence-electron chi connectivity index (χ3n) is 2.12. The van der Waals surface area contributed by atoms with Crippen molar-refractivity contribution in [2.24, 2.45) is 0 Å². The fourth-order valence-electron chi connectivity index (χ4n) is 1.28. The van der Waals surface area contributed by atoms with Crippen molar-refractivity contribution in [3.8, 4) is 11.6 Å². The lowest BCUT2D eigenvalue weighted by atomic mass is 10.2. The second-order valence-corrected chi connectivity index (χ2v) is 3.42. The van der Waals surface area contributed by atoms with Crippen molar-refractivity contribution in [1.29, 1.82) is 0 Å². The molecule has 6 heteroatoms. The van der Waals surface area contributed by atoms with Gasteiger partial charge in [0.25, 0.3) is 5.88 Å². The van der Waals surface area contributed by atoms with Crippen molar-refractivity contribution in [3.63, 3.8) is 0 Å². The van der Waals surface area contributed by atoms with Crippen molar-refractivity contribution in [2.45, 2.75) is 32.6 Å². The zero-order chi connectivity index (χ0) is 12.1. The van der Waals surface area contributed by atoms with Crippen LogP contribution >= 0.6 is 0 Å². The van der Waals surface area contributed by atoms with Gasteiger partial charge >= 0.3 is 5.97 Å². The van der Waals surface area contributed by atoms with Crippen molar-refractivity contribution < 1.29 is 20.1 Å². The minimum atomic E-state index is -1.38. The molecule has 1 aromatic heterocycles. The summed E-state index contributed by atoms with van der Waals surface area (Å²) in [6, 6.07) is 0. The molecule has 0 bridgehead atoms. The Balaban J connectivity index is 2.91. The number of unbranched alkanes of at least 4 members (excludes halogenated alkanes) is 2. The molecule has 1 heterocycles. The molecular weight excluding hydrogens is 212 g/mol. The summed E-state index contributed by atoms with van der Waals surface area (Å²) in [5.41, 5.74) is -0.556. The normalized spacial score (nSPS) is 10.3. The molecule has 16 heavy (non-hydrogen) atoms. The molecule has 0 radical (unpaired) electrons. The van der Waals surface area contributed by atoms with Crippen molar-refractivity contribution in [1.82, 2.24) is 9.97 Å². The Kier molecular flexibility index (Phi) is 4.04. The van der Waals surface area contributed by atoms with Crippen LogP contribution in [0.5, 0.6) is 11.6 Å². The molecule has 6 nitrogen and oxygen atoms in total. The van der Waals surface area contributed by atoms with Gasteiger partial charge in [-0.05, 0) is 6.42 Å². The predicted molar refractivity (Wildman–Crippen MR) is 55.5 cm³/mol. The number of hydrogen-bond acceptors (Lipinski definition) is 5. The quantitative estimate of drug-likeness (QED) is 0.654. The van der Waals surface area contributed by atoms with Gasteiger partial charge in [0.05, 0.1) is 0 Å². The molecule has 3 N–H and O–H groups in total. The minimum absolute atomic E-state index is 0.237. The van der Waals surface area contributed by atoms with Crippen molar-refractivity contribution >= 4 is 5.97 Å². The Labute approximate surface area is 92.6 Å². The molecular formula is C10H14N2O4. The number of carboxylic acid groups (broad SMARTS) is 1. The highest BCUT2D eigenvalue weighted by atomic mass is 16.4. The highest BCUT2D eigenvalue weighted by Gasteiger charge is 2.18. The van der Waals surface area contributed by atoms with Gasteiger partial charge < -0.3 is 15.3 Å². The molecule has 1 aromatic rings. The highest BCUT2D eigenvalue weighted by Crippen LogP contribution is 2.25. The summed E-state index contributed by atoms with van der Waals surface area (Å²) >= 11 is 0. The van der Waals surface area contributed by atoms with E-state index < -0.39 is 23.3 Å². The molecule has 0 spiro atoms. The van der Waals surface area contributed by atoms with Gasteiger partial charge in [0, 0.05) is 6.42 Å². The molecule has 0 saturated heterocycles. The fourth-order valence-corrected chi connectivity index (χ4v) is 1.28. The summed E-state index contributed by atoms with van der Waals surface area (Å²) in [5, 5.41) is 27.2. The maximum absolute atomic E-state index is 10.7. The molecule has 0 aliphatic rings. The summed E-state index contributed by atoms with van der Waals surface area (Å²) in [4.78, 5) is 18.0. The first-order valence-electron chi connectivity index (χ1n) is 5.08. The Morgan fingerprint density at radius 3 is 2.50 bits per heavy atom. The second-order valence-electron chi connectivity index (χ2n) is 3.42. The fraction of sp³-hybridized carbons (Fsp3) is 0.500. The van der Waals surface area contributed by atoms with Crippen LogP contribution in [0.3, 0.4) is 0 Å². The van der Waals surface area contributed by atoms with E-state index in [-0.39, 0.29) is 5.82 Å². The largest absolute Gasteiger partial charge is 0.501 e. The predicted octanol–water partition coefficient (Wildman–Crippen LogP) is 1.32. The maximum Gasteiger partial charge on any atom is 0.358 e. The Morgan fingerprint density at radius 1 is 1.25 bits per heavy atom. The molecule has 0 fully saturated rings. The highest BCUT2D eigenvalue weighted by molar-refractivity contribution is 5.89. The first-order valence-corrected chi connectivity index (χ1v) is 5.08. The van der Waals surface area contributed by atoms with Crippen LogP contribution in [0.15, 0.2) is 0 Å². The number of aromatic hydroxyl groups is 2. The molecule has 0 aliphatic heterocycles. The zero-order valence-electron chi connectivity index (χ0n) is 8.97. The van der Waals surface area contributed by atoms with Crippen LogP contribution in [-0.2, 0) is 6.42 Å². The van der Waals surface area contributed by atoms with Gasteiger partial charge in [-0.25, -0.2) is 9.78 Å². The van der Waals surface area contributed by atoms with Crippen LogP contribution in [0.2, 0.25) is 0 Å². The van der Waals surface area contributed by atoms with Gasteiger partial charge in [0.1, 0.15) is 5.82 Å². The maximum atomic E-state index is 10.7. The lowest BCUT2D eigenvalue weighted by Crippen LogP contribution is -2.06. The monoisotopic (exact) mass is 226 g/mol. The van der Waals surface area contributed by atoms with E-state index in [0.29, 0.717) is 6.42 Å². The van der Waals surface area contributed by atoms with E-state index in [2.05, 4.69) is 9.97 Å². The number of carboxylic acids is 1. The average Bonchev–Trinajstić information content (AvgIpc) is 2.23. The standard InChI is InChI=1S/C10H14N2O4/c1-2-3-4-5-6-11-7(10(15)16)8(13)9(14)12-6/h13H,2-5H2,1H3,(H,15,16)(H,11,12,14). The second kappa shape index (κ2) is 5.29. The van der Waals surface area contributed by atoms with Crippen LogP contribution < -0.4 is 0 Å². The van der Waals surface area contributed by atoms with Crippen molar-refractivity contribution in [2.75, 3.05) is 0 Å². The minimum Gasteiger partial charge on any atom is -0.501 e. The SMILES string of the molecule is CCCCCc1nc(O)c(O)c(C(=O)O)n1. The van der Waals surface area contributed by atoms with E-state index in [1.165, 1.54) is 0 Å². The first kappa shape index (κ1) is 12.2. The number of carbonyl (C=O) groups is 1. The lowest BCUT2D eigenvalue weighted by Gasteiger charge is -2.04. The van der Waals surface area contributed by atoms with Gasteiger partial charge in [-0.1, -0.05) is 19.8 Å². The van der Waals surface area contributed by atoms with Crippen LogP contribution in [0.4, 0.5) is 0 Å². The number of aryl methyl sites for hydroxylation is 1. The third kappa shape index (κ3) is 2.82. The van der Waals surface area contributed by atoms with E-state index in [0.717, 1.165) is 19.3 Å². The van der Waals surface area contributed by atoms with E-state index >= 15 is 0 Å².